The van der Waals surface area contributed by atoms with E-state index in [9.17, 15) is 4.79 Å². The van der Waals surface area contributed by atoms with Gasteiger partial charge in [-0.3, -0.25) is 14.7 Å². The second-order valence-corrected chi connectivity index (χ2v) is 8.22. The standard InChI is InChI=1S/C24H29N7O2/c1-18-7-9-19(10-8-18)16-30-13-11-20-14-25-24(28-23(20)30)27-21-15-26-31(17-21)12-5-3-2-4-6-22(32)29-33/h7-11,13-15,17,33H,2-6,12,16H2,1H3,(H,29,32)(H,25,27,28). The van der Waals surface area contributed by atoms with Crippen molar-refractivity contribution in [1.29, 1.82) is 0 Å². The molecular formula is C24H29N7O2. The van der Waals surface area contributed by atoms with Crippen LogP contribution in [-0.2, 0) is 17.9 Å². The Morgan fingerprint density at radius 3 is 2.70 bits per heavy atom. The number of hydroxylamine groups is 1. The molecule has 0 fully saturated rings. The maximum absolute atomic E-state index is 11.0. The van der Waals surface area contributed by atoms with Crippen LogP contribution in [0.4, 0.5) is 11.6 Å². The summed E-state index contributed by atoms with van der Waals surface area (Å²) >= 11 is 0. The Labute approximate surface area is 192 Å². The van der Waals surface area contributed by atoms with Gasteiger partial charge in [0.25, 0.3) is 0 Å². The Morgan fingerprint density at radius 1 is 1.06 bits per heavy atom. The molecule has 9 nitrogen and oxygen atoms in total. The Bertz CT molecular complexity index is 1200. The fourth-order valence-corrected chi connectivity index (χ4v) is 3.70. The fraction of sp³-hybridized carbons (Fsp3) is 0.333. The molecule has 3 N–H and O–H groups in total. The van der Waals surface area contributed by atoms with Gasteiger partial charge in [0, 0.05) is 43.5 Å². The highest BCUT2D eigenvalue weighted by Gasteiger charge is 2.08. The van der Waals surface area contributed by atoms with E-state index >= 15 is 0 Å². The van der Waals surface area contributed by atoms with Gasteiger partial charge in [0.05, 0.1) is 11.9 Å². The number of aromatic nitrogens is 5. The number of aryl methyl sites for hydroxylation is 2. The number of amides is 1. The highest BCUT2D eigenvalue weighted by Crippen LogP contribution is 2.19. The largest absolute Gasteiger partial charge is 0.328 e. The number of anilines is 2. The van der Waals surface area contributed by atoms with E-state index < -0.39 is 0 Å². The molecule has 0 saturated heterocycles. The van der Waals surface area contributed by atoms with Crippen LogP contribution in [0, 0.1) is 6.92 Å². The fourth-order valence-electron chi connectivity index (χ4n) is 3.70. The van der Waals surface area contributed by atoms with Gasteiger partial charge < -0.3 is 9.88 Å². The van der Waals surface area contributed by atoms with Crippen molar-refractivity contribution in [2.45, 2.75) is 52.1 Å². The van der Waals surface area contributed by atoms with Gasteiger partial charge in [0.15, 0.2) is 0 Å². The third-order valence-corrected chi connectivity index (χ3v) is 5.53. The van der Waals surface area contributed by atoms with Crippen LogP contribution in [0.25, 0.3) is 11.0 Å². The zero-order valence-electron chi connectivity index (χ0n) is 18.7. The Kier molecular flexibility index (Phi) is 7.31. The number of nitrogens with one attached hydrogen (secondary N) is 2. The van der Waals surface area contributed by atoms with E-state index in [-0.39, 0.29) is 5.91 Å². The molecule has 0 saturated carbocycles. The third kappa shape index (κ3) is 6.17. The molecule has 4 aromatic rings. The minimum absolute atomic E-state index is 0.333. The Hall–Kier alpha value is -3.72. The first-order valence-corrected chi connectivity index (χ1v) is 11.2. The molecular weight excluding hydrogens is 418 g/mol. The Morgan fingerprint density at radius 2 is 1.88 bits per heavy atom. The lowest BCUT2D eigenvalue weighted by atomic mass is 10.1. The van der Waals surface area contributed by atoms with Gasteiger partial charge in [-0.2, -0.15) is 10.1 Å². The highest BCUT2D eigenvalue weighted by molar-refractivity contribution is 5.77. The number of hydrogen-bond acceptors (Lipinski definition) is 6. The maximum atomic E-state index is 11.0. The molecule has 3 heterocycles. The van der Waals surface area contributed by atoms with Crippen molar-refractivity contribution in [1.82, 2.24) is 29.8 Å². The second-order valence-electron chi connectivity index (χ2n) is 8.22. The van der Waals surface area contributed by atoms with Gasteiger partial charge in [-0.25, -0.2) is 10.5 Å². The monoisotopic (exact) mass is 447 g/mol. The van der Waals surface area contributed by atoms with Crippen molar-refractivity contribution in [2.75, 3.05) is 5.32 Å². The first-order chi connectivity index (χ1) is 16.1. The van der Waals surface area contributed by atoms with Crippen molar-refractivity contribution >= 4 is 28.6 Å². The van der Waals surface area contributed by atoms with E-state index in [1.54, 1.807) is 11.7 Å². The SMILES string of the molecule is Cc1ccc(Cn2ccc3cnc(Nc4cnn(CCCCCCC(=O)NO)c4)nc32)cc1. The summed E-state index contributed by atoms with van der Waals surface area (Å²) in [6.45, 7) is 3.64. The number of carbonyl (C=O) groups is 1. The molecule has 33 heavy (non-hydrogen) atoms. The van der Waals surface area contributed by atoms with Crippen molar-refractivity contribution in [3.05, 3.63) is 66.2 Å². The summed E-state index contributed by atoms with van der Waals surface area (Å²) in [5.74, 6) is 0.202. The van der Waals surface area contributed by atoms with Crippen LogP contribution in [0.2, 0.25) is 0 Å². The number of hydrogen-bond donors (Lipinski definition) is 3. The van der Waals surface area contributed by atoms with E-state index in [2.05, 4.69) is 51.2 Å². The topological polar surface area (TPSA) is 110 Å². The van der Waals surface area contributed by atoms with Gasteiger partial charge in [-0.1, -0.05) is 42.7 Å². The van der Waals surface area contributed by atoms with Gasteiger partial charge in [0.2, 0.25) is 11.9 Å². The highest BCUT2D eigenvalue weighted by atomic mass is 16.5. The van der Waals surface area contributed by atoms with Gasteiger partial charge in [0.1, 0.15) is 5.65 Å². The average Bonchev–Trinajstić information content (AvgIpc) is 3.44. The van der Waals surface area contributed by atoms with Crippen LogP contribution in [0.15, 0.2) is 55.1 Å². The number of fused-ring (bicyclic) bond motifs is 1. The van der Waals surface area contributed by atoms with Crippen LogP contribution < -0.4 is 10.8 Å². The lowest BCUT2D eigenvalue weighted by molar-refractivity contribution is -0.129. The molecule has 0 radical (unpaired) electrons. The molecule has 172 valence electrons. The summed E-state index contributed by atoms with van der Waals surface area (Å²) < 4.78 is 4.02. The smallest absolute Gasteiger partial charge is 0.243 e. The summed E-state index contributed by atoms with van der Waals surface area (Å²) in [5, 5.41) is 17.1. The zero-order valence-corrected chi connectivity index (χ0v) is 18.7. The minimum Gasteiger partial charge on any atom is -0.328 e. The number of unbranched alkanes of at least 4 members (excludes halogenated alkanes) is 3. The quantitative estimate of drug-likeness (QED) is 0.181. The molecule has 0 unspecified atom stereocenters. The number of benzene rings is 1. The zero-order chi connectivity index (χ0) is 23.0. The van der Waals surface area contributed by atoms with E-state index in [0.29, 0.717) is 12.4 Å². The molecule has 0 atom stereocenters. The molecule has 0 bridgehead atoms. The molecule has 0 aliphatic carbocycles. The Balaban J connectivity index is 1.32. The van der Waals surface area contributed by atoms with E-state index in [0.717, 1.165) is 55.5 Å². The molecule has 1 aromatic carbocycles. The molecule has 0 aliphatic heterocycles. The van der Waals surface area contributed by atoms with Crippen LogP contribution in [0.3, 0.4) is 0 Å². The van der Waals surface area contributed by atoms with E-state index in [4.69, 9.17) is 10.2 Å². The third-order valence-electron chi connectivity index (χ3n) is 5.53. The van der Waals surface area contributed by atoms with Crippen LogP contribution in [0.1, 0.15) is 43.2 Å². The number of nitrogens with zero attached hydrogens (tertiary/aromatic N) is 5. The molecule has 1 amide bonds. The summed E-state index contributed by atoms with van der Waals surface area (Å²) in [7, 11) is 0. The van der Waals surface area contributed by atoms with E-state index in [1.165, 1.54) is 11.1 Å². The van der Waals surface area contributed by atoms with Gasteiger partial charge in [-0.05, 0) is 31.4 Å². The van der Waals surface area contributed by atoms with Crippen LogP contribution >= 0.6 is 0 Å². The predicted octanol–water partition coefficient (Wildman–Crippen LogP) is 4.18. The first-order valence-electron chi connectivity index (χ1n) is 11.2. The summed E-state index contributed by atoms with van der Waals surface area (Å²) in [6, 6.07) is 10.6. The van der Waals surface area contributed by atoms with Gasteiger partial charge >= 0.3 is 0 Å². The average molecular weight is 448 g/mol. The second kappa shape index (κ2) is 10.7. The number of rotatable bonds is 11. The lowest BCUT2D eigenvalue weighted by Crippen LogP contribution is -2.17. The molecule has 4 rings (SSSR count). The van der Waals surface area contributed by atoms with Crippen molar-refractivity contribution in [3.8, 4) is 0 Å². The summed E-state index contributed by atoms with van der Waals surface area (Å²) in [4.78, 5) is 20.2. The number of carbonyl (C=O) groups excluding carboxylic acids is 1. The molecule has 0 spiro atoms. The normalized spacial score (nSPS) is 11.1. The minimum atomic E-state index is -0.333. The van der Waals surface area contributed by atoms with Crippen LogP contribution in [0.5, 0.6) is 0 Å². The first kappa shape index (κ1) is 22.5. The molecule has 3 aromatic heterocycles. The molecule has 9 heteroatoms. The van der Waals surface area contributed by atoms with Crippen molar-refractivity contribution in [3.63, 3.8) is 0 Å². The molecule has 0 aliphatic rings. The van der Waals surface area contributed by atoms with Crippen molar-refractivity contribution in [2.24, 2.45) is 0 Å². The van der Waals surface area contributed by atoms with Crippen molar-refractivity contribution < 1.29 is 10.0 Å². The van der Waals surface area contributed by atoms with E-state index in [1.807, 2.05) is 29.3 Å². The summed E-state index contributed by atoms with van der Waals surface area (Å²) in [5.41, 5.74) is 5.85. The summed E-state index contributed by atoms with van der Waals surface area (Å²) in [6.07, 6.45) is 11.6. The van der Waals surface area contributed by atoms with Gasteiger partial charge in [-0.15, -0.1) is 0 Å². The lowest BCUT2D eigenvalue weighted by Gasteiger charge is -2.07. The van der Waals surface area contributed by atoms with Crippen LogP contribution in [-0.4, -0.2) is 35.4 Å². The predicted molar refractivity (Wildman–Crippen MR) is 126 cm³/mol. The maximum Gasteiger partial charge on any atom is 0.243 e.